The Bertz CT molecular complexity index is 872. The highest BCUT2D eigenvalue weighted by atomic mass is 16.5. The summed E-state index contributed by atoms with van der Waals surface area (Å²) in [4.78, 5) is 6.80. The molecule has 1 atom stereocenters. The first-order valence-electron chi connectivity index (χ1n) is 10.8. The van der Waals surface area contributed by atoms with Gasteiger partial charge in [-0.05, 0) is 49.6 Å². The molecule has 0 aliphatic carbocycles. The minimum Gasteiger partial charge on any atom is -0.495 e. The number of guanidine groups is 1. The molecule has 0 spiro atoms. The van der Waals surface area contributed by atoms with E-state index in [4.69, 9.17) is 14.2 Å². The van der Waals surface area contributed by atoms with Gasteiger partial charge in [-0.3, -0.25) is 4.99 Å². The number of aliphatic imine (C=N–C) groups is 1. The highest BCUT2D eigenvalue weighted by Gasteiger charge is 2.22. The highest BCUT2D eigenvalue weighted by molar-refractivity contribution is 5.80. The van der Waals surface area contributed by atoms with Crippen LogP contribution in [0.25, 0.3) is 0 Å². The Kier molecular flexibility index (Phi) is 8.27. The second kappa shape index (κ2) is 11.3. The van der Waals surface area contributed by atoms with Gasteiger partial charge < -0.3 is 29.7 Å². The number of anilines is 1. The van der Waals surface area contributed by atoms with Crippen LogP contribution in [0.2, 0.25) is 0 Å². The first-order valence-corrected chi connectivity index (χ1v) is 10.8. The molecule has 31 heavy (non-hydrogen) atoms. The van der Waals surface area contributed by atoms with Gasteiger partial charge in [-0.15, -0.1) is 0 Å². The van der Waals surface area contributed by atoms with Crippen LogP contribution in [0.15, 0.2) is 47.5 Å². The van der Waals surface area contributed by atoms with Gasteiger partial charge >= 0.3 is 0 Å². The fourth-order valence-electron chi connectivity index (χ4n) is 3.88. The quantitative estimate of drug-likeness (QED) is 0.498. The summed E-state index contributed by atoms with van der Waals surface area (Å²) >= 11 is 0. The molecule has 1 fully saturated rings. The number of piperidine rings is 1. The number of benzene rings is 2. The van der Waals surface area contributed by atoms with E-state index in [1.807, 2.05) is 37.3 Å². The summed E-state index contributed by atoms with van der Waals surface area (Å²) in [5.41, 5.74) is 2.24. The molecular formula is C24H34N4O3. The zero-order valence-electron chi connectivity index (χ0n) is 19.0. The van der Waals surface area contributed by atoms with E-state index in [1.165, 1.54) is 0 Å². The van der Waals surface area contributed by atoms with Crippen molar-refractivity contribution in [2.75, 3.05) is 45.9 Å². The molecule has 0 bridgehead atoms. The van der Waals surface area contributed by atoms with Crippen LogP contribution in [0.3, 0.4) is 0 Å². The molecule has 0 saturated carbocycles. The van der Waals surface area contributed by atoms with Crippen LogP contribution in [0.5, 0.6) is 17.2 Å². The molecule has 3 rings (SSSR count). The van der Waals surface area contributed by atoms with Gasteiger partial charge in [-0.2, -0.15) is 0 Å². The molecule has 7 heteroatoms. The zero-order chi connectivity index (χ0) is 22.1. The lowest BCUT2D eigenvalue weighted by atomic mass is 10.0. The van der Waals surface area contributed by atoms with Gasteiger partial charge in [0, 0.05) is 32.7 Å². The van der Waals surface area contributed by atoms with Crippen LogP contribution >= 0.6 is 0 Å². The average molecular weight is 427 g/mol. The number of ether oxygens (including phenoxy) is 3. The van der Waals surface area contributed by atoms with Gasteiger partial charge in [0.15, 0.2) is 17.5 Å². The molecule has 1 aliphatic heterocycles. The van der Waals surface area contributed by atoms with Crippen molar-refractivity contribution in [2.24, 2.45) is 4.99 Å². The largest absolute Gasteiger partial charge is 0.495 e. The van der Waals surface area contributed by atoms with Crippen molar-refractivity contribution in [1.29, 1.82) is 0 Å². The fourth-order valence-corrected chi connectivity index (χ4v) is 3.88. The second-order valence-corrected chi connectivity index (χ2v) is 7.45. The number of methoxy groups -OCH3 is 2. The van der Waals surface area contributed by atoms with E-state index in [0.717, 1.165) is 60.4 Å². The van der Waals surface area contributed by atoms with E-state index in [9.17, 15) is 0 Å². The first kappa shape index (κ1) is 22.6. The molecule has 168 valence electrons. The van der Waals surface area contributed by atoms with Crippen molar-refractivity contribution in [3.05, 3.63) is 48.0 Å². The highest BCUT2D eigenvalue weighted by Crippen LogP contribution is 2.30. The van der Waals surface area contributed by atoms with Gasteiger partial charge in [-0.25, -0.2) is 0 Å². The first-order chi connectivity index (χ1) is 15.2. The summed E-state index contributed by atoms with van der Waals surface area (Å²) in [7, 11) is 5.18. The Balaban J connectivity index is 1.59. The molecule has 0 amide bonds. The standard InChI is InChI=1S/C24H34N4O3/c1-5-31-23-15-18(12-13-22(23)30-4)16-26-24(25-2)27-19-9-8-14-28(17-19)20-10-6-7-11-21(20)29-3/h6-7,10-13,15,19H,5,8-9,14,16-17H2,1-4H3,(H2,25,26,27). The molecule has 7 nitrogen and oxygen atoms in total. The predicted octanol–water partition coefficient (Wildman–Crippen LogP) is 3.44. The zero-order valence-corrected chi connectivity index (χ0v) is 19.0. The SMILES string of the molecule is CCOc1cc(CNC(=NC)NC2CCCN(c3ccccc3OC)C2)ccc1OC. The molecule has 2 aromatic carbocycles. The summed E-state index contributed by atoms with van der Waals surface area (Å²) in [5, 5.41) is 6.99. The Morgan fingerprint density at radius 2 is 1.90 bits per heavy atom. The lowest BCUT2D eigenvalue weighted by molar-refractivity contribution is 0.310. The molecule has 0 radical (unpaired) electrons. The third-order valence-corrected chi connectivity index (χ3v) is 5.40. The Hall–Kier alpha value is -3.09. The topological polar surface area (TPSA) is 67.4 Å². The molecule has 0 aromatic heterocycles. The summed E-state index contributed by atoms with van der Waals surface area (Å²) in [6.07, 6.45) is 2.21. The number of hydrogen-bond donors (Lipinski definition) is 2. The average Bonchev–Trinajstić information content (AvgIpc) is 2.82. The molecular weight excluding hydrogens is 392 g/mol. The monoisotopic (exact) mass is 426 g/mol. The van der Waals surface area contributed by atoms with E-state index < -0.39 is 0 Å². The van der Waals surface area contributed by atoms with Crippen molar-refractivity contribution < 1.29 is 14.2 Å². The summed E-state index contributed by atoms with van der Waals surface area (Å²) in [6, 6.07) is 14.5. The van der Waals surface area contributed by atoms with E-state index in [1.54, 1.807) is 21.3 Å². The van der Waals surface area contributed by atoms with Gasteiger partial charge in [0.1, 0.15) is 5.75 Å². The number of para-hydroxylation sites is 2. The van der Waals surface area contributed by atoms with Crippen molar-refractivity contribution in [2.45, 2.75) is 32.4 Å². The van der Waals surface area contributed by atoms with E-state index in [0.29, 0.717) is 19.2 Å². The van der Waals surface area contributed by atoms with E-state index in [-0.39, 0.29) is 0 Å². The van der Waals surface area contributed by atoms with Gasteiger partial charge in [0.05, 0.1) is 26.5 Å². The van der Waals surface area contributed by atoms with E-state index >= 15 is 0 Å². The molecule has 1 saturated heterocycles. The van der Waals surface area contributed by atoms with Crippen molar-refractivity contribution in [3.8, 4) is 17.2 Å². The van der Waals surface area contributed by atoms with Crippen LogP contribution < -0.4 is 29.7 Å². The normalized spacial score (nSPS) is 16.6. The summed E-state index contributed by atoms with van der Waals surface area (Å²) < 4.78 is 16.6. The molecule has 1 heterocycles. The Morgan fingerprint density at radius 1 is 1.10 bits per heavy atom. The number of nitrogens with one attached hydrogen (secondary N) is 2. The Labute approximate surface area is 185 Å². The predicted molar refractivity (Wildman–Crippen MR) is 126 cm³/mol. The molecule has 2 aromatic rings. The van der Waals surface area contributed by atoms with Crippen molar-refractivity contribution in [1.82, 2.24) is 10.6 Å². The summed E-state index contributed by atoms with van der Waals surface area (Å²) in [5.74, 6) is 3.20. The second-order valence-electron chi connectivity index (χ2n) is 7.45. The van der Waals surface area contributed by atoms with Crippen LogP contribution in [-0.4, -0.2) is 53.0 Å². The van der Waals surface area contributed by atoms with Crippen LogP contribution in [0.1, 0.15) is 25.3 Å². The lowest BCUT2D eigenvalue weighted by Crippen LogP contribution is -2.51. The minimum absolute atomic E-state index is 0.305. The van der Waals surface area contributed by atoms with Crippen LogP contribution in [0.4, 0.5) is 5.69 Å². The van der Waals surface area contributed by atoms with Gasteiger partial charge in [0.2, 0.25) is 0 Å². The number of rotatable bonds is 8. The number of hydrogen-bond acceptors (Lipinski definition) is 5. The van der Waals surface area contributed by atoms with Crippen LogP contribution in [0, 0.1) is 0 Å². The molecule has 1 unspecified atom stereocenters. The van der Waals surface area contributed by atoms with Crippen LogP contribution in [-0.2, 0) is 6.54 Å². The Morgan fingerprint density at radius 3 is 2.65 bits per heavy atom. The lowest BCUT2D eigenvalue weighted by Gasteiger charge is -2.36. The maximum absolute atomic E-state index is 5.68. The third kappa shape index (κ3) is 5.96. The van der Waals surface area contributed by atoms with Crippen molar-refractivity contribution >= 4 is 11.6 Å². The minimum atomic E-state index is 0.305. The fraction of sp³-hybridized carbons (Fsp3) is 0.458. The smallest absolute Gasteiger partial charge is 0.191 e. The van der Waals surface area contributed by atoms with Gasteiger partial charge in [-0.1, -0.05) is 18.2 Å². The maximum Gasteiger partial charge on any atom is 0.191 e. The van der Waals surface area contributed by atoms with Gasteiger partial charge in [0.25, 0.3) is 0 Å². The molecule has 1 aliphatic rings. The third-order valence-electron chi connectivity index (χ3n) is 5.40. The van der Waals surface area contributed by atoms with E-state index in [2.05, 4.69) is 32.7 Å². The maximum atomic E-state index is 5.68. The molecule has 2 N–H and O–H groups in total. The number of nitrogens with zero attached hydrogens (tertiary/aromatic N) is 2. The van der Waals surface area contributed by atoms with Crippen molar-refractivity contribution in [3.63, 3.8) is 0 Å². The summed E-state index contributed by atoms with van der Waals surface area (Å²) in [6.45, 7) is 5.14.